The van der Waals surface area contributed by atoms with Gasteiger partial charge in [0.25, 0.3) is 0 Å². The molecule has 1 unspecified atom stereocenters. The van der Waals surface area contributed by atoms with Crippen LogP contribution in [0.3, 0.4) is 0 Å². The van der Waals surface area contributed by atoms with E-state index in [2.05, 4.69) is 31.2 Å². The Balaban J connectivity index is 2.69. The molecule has 0 aliphatic heterocycles. The Kier molecular flexibility index (Phi) is 3.02. The Bertz CT molecular complexity index is 188. The molecule has 0 fully saturated rings. The third kappa shape index (κ3) is 2.19. The molecule has 0 aliphatic carbocycles. The molecule has 1 aromatic rings. The monoisotopic (exact) mass is 196 g/mol. The molecule has 0 saturated carbocycles. The molecule has 0 aliphatic rings. The van der Waals surface area contributed by atoms with Crippen molar-refractivity contribution in [2.24, 2.45) is 0 Å². The van der Waals surface area contributed by atoms with E-state index in [9.17, 15) is 0 Å². The SMILES string of the molecule is CCCc1ccc([AsH2])cc1. The molecule has 0 aromatic heterocycles. The molecule has 1 rings (SSSR count). The van der Waals surface area contributed by atoms with Gasteiger partial charge in [-0.3, -0.25) is 0 Å². The summed E-state index contributed by atoms with van der Waals surface area (Å²) >= 11 is 1.70. The first kappa shape index (κ1) is 7.88. The number of benzene rings is 1. The van der Waals surface area contributed by atoms with Crippen molar-refractivity contribution in [3.05, 3.63) is 29.8 Å². The van der Waals surface area contributed by atoms with Gasteiger partial charge in [0.1, 0.15) is 0 Å². The van der Waals surface area contributed by atoms with Gasteiger partial charge in [-0.1, -0.05) is 0 Å². The van der Waals surface area contributed by atoms with E-state index >= 15 is 0 Å². The first-order valence-electron chi connectivity index (χ1n) is 3.67. The van der Waals surface area contributed by atoms with E-state index < -0.39 is 0 Å². The third-order valence-electron chi connectivity index (χ3n) is 1.52. The van der Waals surface area contributed by atoms with Crippen LogP contribution in [0, 0.1) is 0 Å². The number of rotatable bonds is 2. The van der Waals surface area contributed by atoms with E-state index in [1.807, 2.05) is 0 Å². The molecular formula is C9H13As. The standard InChI is InChI=1S/C9H13As/c1-2-3-8-4-6-9(10)7-5-8/h4-7H,2-3,10H2,1H3. The summed E-state index contributed by atoms with van der Waals surface area (Å²) in [5, 5.41) is 0. The molecular weight excluding hydrogens is 183 g/mol. The van der Waals surface area contributed by atoms with Crippen molar-refractivity contribution in [3.8, 4) is 0 Å². The van der Waals surface area contributed by atoms with Crippen LogP contribution in [-0.4, -0.2) is 16.9 Å². The van der Waals surface area contributed by atoms with E-state index in [0.29, 0.717) is 0 Å². The van der Waals surface area contributed by atoms with Gasteiger partial charge in [0.05, 0.1) is 0 Å². The van der Waals surface area contributed by atoms with Crippen molar-refractivity contribution in [2.45, 2.75) is 19.8 Å². The third-order valence-corrected chi connectivity index (χ3v) is 2.33. The van der Waals surface area contributed by atoms with E-state index in [1.165, 1.54) is 22.8 Å². The Hall–Kier alpha value is -0.222. The number of hydrogen-bond donors (Lipinski definition) is 0. The molecule has 1 heteroatoms. The second kappa shape index (κ2) is 3.83. The van der Waals surface area contributed by atoms with Crippen LogP contribution in [0.1, 0.15) is 18.9 Å². The van der Waals surface area contributed by atoms with E-state index in [4.69, 9.17) is 0 Å². The molecule has 0 nitrogen and oxygen atoms in total. The summed E-state index contributed by atoms with van der Waals surface area (Å²) in [4.78, 5) is 0. The van der Waals surface area contributed by atoms with Gasteiger partial charge < -0.3 is 0 Å². The zero-order chi connectivity index (χ0) is 7.40. The topological polar surface area (TPSA) is 0 Å². The zero-order valence-corrected chi connectivity index (χ0v) is 8.72. The van der Waals surface area contributed by atoms with Gasteiger partial charge in [-0.15, -0.1) is 0 Å². The average Bonchev–Trinajstić information content (AvgIpc) is 1.95. The molecule has 10 heavy (non-hydrogen) atoms. The normalized spacial score (nSPS) is 9.80. The summed E-state index contributed by atoms with van der Waals surface area (Å²) in [6, 6.07) is 8.84. The number of aryl methyl sites for hydroxylation is 1. The summed E-state index contributed by atoms with van der Waals surface area (Å²) in [5.74, 6) is 0. The summed E-state index contributed by atoms with van der Waals surface area (Å²) in [6.45, 7) is 2.21. The molecule has 54 valence electrons. The Labute approximate surface area is 71.1 Å². The van der Waals surface area contributed by atoms with Gasteiger partial charge in [-0.2, -0.15) is 0 Å². The van der Waals surface area contributed by atoms with Gasteiger partial charge in [0.15, 0.2) is 0 Å². The van der Waals surface area contributed by atoms with Crippen LogP contribution in [0.4, 0.5) is 0 Å². The Morgan fingerprint density at radius 2 is 1.80 bits per heavy atom. The zero-order valence-electron chi connectivity index (χ0n) is 6.30. The minimum atomic E-state index is 1.22. The average molecular weight is 196 g/mol. The predicted molar refractivity (Wildman–Crippen MR) is 48.6 cm³/mol. The summed E-state index contributed by atoms with van der Waals surface area (Å²) < 4.78 is 1.41. The Morgan fingerprint density at radius 1 is 1.20 bits per heavy atom. The van der Waals surface area contributed by atoms with E-state index in [0.717, 1.165) is 0 Å². The van der Waals surface area contributed by atoms with Crippen molar-refractivity contribution in [3.63, 3.8) is 0 Å². The van der Waals surface area contributed by atoms with Gasteiger partial charge in [0, 0.05) is 0 Å². The van der Waals surface area contributed by atoms with Crippen LogP contribution in [0.5, 0.6) is 0 Å². The molecule has 1 aromatic carbocycles. The van der Waals surface area contributed by atoms with Crippen LogP contribution in [0.2, 0.25) is 0 Å². The first-order chi connectivity index (χ1) is 4.83. The fraction of sp³-hybridized carbons (Fsp3) is 0.333. The van der Waals surface area contributed by atoms with E-state index in [-0.39, 0.29) is 0 Å². The number of hydrogen-bond acceptors (Lipinski definition) is 0. The fourth-order valence-corrected chi connectivity index (χ4v) is 1.38. The maximum absolute atomic E-state index is 2.22. The summed E-state index contributed by atoms with van der Waals surface area (Å²) in [6.07, 6.45) is 2.46. The van der Waals surface area contributed by atoms with Crippen LogP contribution >= 0.6 is 0 Å². The van der Waals surface area contributed by atoms with Gasteiger partial charge in [-0.25, -0.2) is 0 Å². The Morgan fingerprint density at radius 3 is 2.30 bits per heavy atom. The maximum atomic E-state index is 2.22. The van der Waals surface area contributed by atoms with Crippen molar-refractivity contribution in [2.75, 3.05) is 0 Å². The molecule has 0 N–H and O–H groups in total. The van der Waals surface area contributed by atoms with Gasteiger partial charge in [-0.05, 0) is 0 Å². The van der Waals surface area contributed by atoms with Crippen LogP contribution in [0.25, 0.3) is 0 Å². The molecule has 0 bridgehead atoms. The fourth-order valence-electron chi connectivity index (χ4n) is 0.973. The van der Waals surface area contributed by atoms with E-state index in [1.54, 1.807) is 16.9 Å². The second-order valence-electron chi connectivity index (χ2n) is 2.49. The summed E-state index contributed by atoms with van der Waals surface area (Å²) in [7, 11) is 0. The van der Waals surface area contributed by atoms with Gasteiger partial charge >= 0.3 is 70.8 Å². The predicted octanol–water partition coefficient (Wildman–Crippen LogP) is 0.897. The van der Waals surface area contributed by atoms with Crippen molar-refractivity contribution in [1.29, 1.82) is 0 Å². The molecule has 0 spiro atoms. The molecule has 1 atom stereocenters. The molecule has 0 amide bonds. The minimum absolute atomic E-state index is 1.22. The molecule has 0 radical (unpaired) electrons. The molecule has 0 saturated heterocycles. The van der Waals surface area contributed by atoms with Crippen molar-refractivity contribution in [1.82, 2.24) is 0 Å². The first-order valence-corrected chi connectivity index (χ1v) is 4.88. The second-order valence-corrected chi connectivity index (χ2v) is 3.89. The summed E-state index contributed by atoms with van der Waals surface area (Å²) in [5.41, 5.74) is 1.46. The quantitative estimate of drug-likeness (QED) is 0.616. The van der Waals surface area contributed by atoms with Crippen LogP contribution in [-0.2, 0) is 6.42 Å². The van der Waals surface area contributed by atoms with Crippen molar-refractivity contribution < 1.29 is 0 Å². The molecule has 0 heterocycles. The van der Waals surface area contributed by atoms with Crippen LogP contribution in [0.15, 0.2) is 24.3 Å². The van der Waals surface area contributed by atoms with Crippen LogP contribution < -0.4 is 4.35 Å². The van der Waals surface area contributed by atoms with Crippen molar-refractivity contribution >= 4 is 21.2 Å². The van der Waals surface area contributed by atoms with Gasteiger partial charge in [0.2, 0.25) is 0 Å².